The van der Waals surface area contributed by atoms with E-state index in [1.165, 1.54) is 11.3 Å². The van der Waals surface area contributed by atoms with Crippen molar-refractivity contribution in [2.24, 2.45) is 0 Å². The number of halogens is 1. The molecule has 1 aromatic heterocycles. The molecule has 0 amide bonds. The monoisotopic (exact) mass is 286 g/mol. The average molecular weight is 287 g/mol. The van der Waals surface area contributed by atoms with E-state index in [9.17, 15) is 0 Å². The summed E-state index contributed by atoms with van der Waals surface area (Å²) in [7, 11) is 0. The van der Waals surface area contributed by atoms with Crippen LogP contribution >= 0.6 is 27.3 Å². The van der Waals surface area contributed by atoms with Gasteiger partial charge >= 0.3 is 0 Å². The first-order valence-corrected chi connectivity index (χ1v) is 5.75. The lowest BCUT2D eigenvalue weighted by Crippen LogP contribution is -1.82. The van der Waals surface area contributed by atoms with E-state index < -0.39 is 0 Å². The molecule has 0 spiro atoms. The van der Waals surface area contributed by atoms with Gasteiger partial charge in [-0.05, 0) is 18.2 Å². The molecule has 0 fully saturated rings. The molecular formula is C9H7BrN2O2S. The Kier molecular flexibility index (Phi) is 3.30. The van der Waals surface area contributed by atoms with Crippen LogP contribution in [-0.4, -0.2) is 15.3 Å². The summed E-state index contributed by atoms with van der Waals surface area (Å²) in [6.45, 7) is -0.112. The van der Waals surface area contributed by atoms with E-state index in [0.717, 1.165) is 4.47 Å². The Balaban J connectivity index is 2.14. The van der Waals surface area contributed by atoms with Crippen molar-refractivity contribution in [2.45, 2.75) is 6.61 Å². The molecule has 0 saturated heterocycles. The van der Waals surface area contributed by atoms with Crippen LogP contribution in [0.25, 0.3) is 0 Å². The van der Waals surface area contributed by atoms with Gasteiger partial charge in [0.2, 0.25) is 0 Å². The molecule has 0 radical (unpaired) electrons. The van der Waals surface area contributed by atoms with Crippen molar-refractivity contribution < 1.29 is 9.84 Å². The lowest BCUT2D eigenvalue weighted by molar-refractivity contribution is 0.280. The Morgan fingerprint density at radius 2 is 2.27 bits per heavy atom. The zero-order chi connectivity index (χ0) is 10.7. The number of rotatable bonds is 3. The van der Waals surface area contributed by atoms with Crippen molar-refractivity contribution in [2.75, 3.05) is 0 Å². The van der Waals surface area contributed by atoms with Crippen LogP contribution in [-0.2, 0) is 6.61 Å². The highest BCUT2D eigenvalue weighted by molar-refractivity contribution is 9.10. The Morgan fingerprint density at radius 1 is 1.40 bits per heavy atom. The first-order valence-electron chi connectivity index (χ1n) is 4.14. The van der Waals surface area contributed by atoms with Crippen molar-refractivity contribution in [1.29, 1.82) is 0 Å². The Labute approximate surface area is 98.7 Å². The number of hydrogen-bond acceptors (Lipinski definition) is 5. The van der Waals surface area contributed by atoms with E-state index in [1.54, 1.807) is 0 Å². The highest BCUT2D eigenvalue weighted by Crippen LogP contribution is 2.26. The van der Waals surface area contributed by atoms with Crippen molar-refractivity contribution in [3.05, 3.63) is 33.7 Å². The van der Waals surface area contributed by atoms with E-state index in [2.05, 4.69) is 26.1 Å². The molecule has 0 aliphatic carbocycles. The first-order chi connectivity index (χ1) is 7.28. The number of hydrogen-bond donors (Lipinski definition) is 1. The molecule has 0 unspecified atom stereocenters. The molecule has 0 aliphatic rings. The van der Waals surface area contributed by atoms with Crippen LogP contribution in [0.15, 0.2) is 28.7 Å². The second-order valence-electron chi connectivity index (χ2n) is 2.68. The summed E-state index contributed by atoms with van der Waals surface area (Å²) < 4.78 is 6.38. The SMILES string of the molecule is OCc1nnc(Oc2cccc(Br)c2)s1. The third-order valence-corrected chi connectivity index (χ3v) is 2.86. The number of aromatic nitrogens is 2. The predicted octanol–water partition coefficient (Wildman–Crippen LogP) is 2.59. The zero-order valence-electron chi connectivity index (χ0n) is 7.55. The summed E-state index contributed by atoms with van der Waals surface area (Å²) in [4.78, 5) is 0. The summed E-state index contributed by atoms with van der Waals surface area (Å²) in [6, 6.07) is 7.43. The van der Waals surface area contributed by atoms with Gasteiger partial charge in [0.1, 0.15) is 10.8 Å². The van der Waals surface area contributed by atoms with Crippen LogP contribution < -0.4 is 4.74 Å². The summed E-state index contributed by atoms with van der Waals surface area (Å²) in [5, 5.41) is 17.3. The molecule has 1 N–H and O–H groups in total. The number of ether oxygens (including phenoxy) is 1. The fourth-order valence-electron chi connectivity index (χ4n) is 0.975. The van der Waals surface area contributed by atoms with Crippen LogP contribution in [0, 0.1) is 0 Å². The van der Waals surface area contributed by atoms with E-state index in [0.29, 0.717) is 16.0 Å². The maximum atomic E-state index is 8.81. The minimum absolute atomic E-state index is 0.112. The van der Waals surface area contributed by atoms with Crippen molar-refractivity contribution in [1.82, 2.24) is 10.2 Å². The summed E-state index contributed by atoms with van der Waals surface area (Å²) in [5.74, 6) is 0.685. The highest BCUT2D eigenvalue weighted by Gasteiger charge is 2.05. The molecule has 6 heteroatoms. The van der Waals surface area contributed by atoms with Crippen LogP contribution in [0.5, 0.6) is 10.9 Å². The fraction of sp³-hybridized carbons (Fsp3) is 0.111. The number of aliphatic hydroxyl groups excluding tert-OH is 1. The standard InChI is InChI=1S/C9H7BrN2O2S/c10-6-2-1-3-7(4-6)14-9-12-11-8(5-13)15-9/h1-4,13H,5H2. The summed E-state index contributed by atoms with van der Waals surface area (Å²) >= 11 is 4.57. The van der Waals surface area contributed by atoms with Crippen molar-refractivity contribution >= 4 is 27.3 Å². The first kappa shape index (κ1) is 10.5. The Bertz CT molecular complexity index is 461. The van der Waals surface area contributed by atoms with E-state index >= 15 is 0 Å². The van der Waals surface area contributed by atoms with Crippen molar-refractivity contribution in [3.63, 3.8) is 0 Å². The molecule has 0 saturated carbocycles. The van der Waals surface area contributed by atoms with Gasteiger partial charge in [-0.15, -0.1) is 5.10 Å². The molecule has 4 nitrogen and oxygen atoms in total. The van der Waals surface area contributed by atoms with Crippen LogP contribution in [0.4, 0.5) is 0 Å². The molecule has 0 aliphatic heterocycles. The average Bonchev–Trinajstić information content (AvgIpc) is 2.65. The van der Waals surface area contributed by atoms with E-state index in [1.807, 2.05) is 24.3 Å². The van der Waals surface area contributed by atoms with Gasteiger partial charge in [0.15, 0.2) is 0 Å². The highest BCUT2D eigenvalue weighted by atomic mass is 79.9. The maximum absolute atomic E-state index is 8.81. The zero-order valence-corrected chi connectivity index (χ0v) is 9.96. The number of benzene rings is 1. The number of aliphatic hydroxyl groups is 1. The van der Waals surface area contributed by atoms with Gasteiger partial charge in [0.05, 0.1) is 6.61 Å². The Hall–Kier alpha value is -0.980. The predicted molar refractivity (Wildman–Crippen MR) is 60.0 cm³/mol. The third kappa shape index (κ3) is 2.74. The second-order valence-corrected chi connectivity index (χ2v) is 4.62. The molecule has 1 aromatic carbocycles. The van der Waals surface area contributed by atoms with Gasteiger partial charge in [0, 0.05) is 4.47 Å². The molecule has 15 heavy (non-hydrogen) atoms. The lowest BCUT2D eigenvalue weighted by Gasteiger charge is -2.00. The summed E-state index contributed by atoms with van der Waals surface area (Å²) in [6.07, 6.45) is 0. The van der Waals surface area contributed by atoms with Gasteiger partial charge in [-0.25, -0.2) is 0 Å². The molecule has 78 valence electrons. The number of nitrogens with zero attached hydrogens (tertiary/aromatic N) is 2. The van der Waals surface area contributed by atoms with Gasteiger partial charge in [-0.2, -0.15) is 0 Å². The molecule has 0 bridgehead atoms. The molecule has 1 heterocycles. The molecule has 0 atom stereocenters. The third-order valence-electron chi connectivity index (χ3n) is 1.58. The van der Waals surface area contributed by atoms with Gasteiger partial charge < -0.3 is 9.84 Å². The second kappa shape index (κ2) is 4.69. The minimum Gasteiger partial charge on any atom is -0.430 e. The van der Waals surface area contributed by atoms with Gasteiger partial charge in [-0.3, -0.25) is 0 Å². The van der Waals surface area contributed by atoms with Gasteiger partial charge in [0.25, 0.3) is 5.19 Å². The topological polar surface area (TPSA) is 55.2 Å². The quantitative estimate of drug-likeness (QED) is 0.942. The van der Waals surface area contributed by atoms with Crippen LogP contribution in [0.3, 0.4) is 0 Å². The van der Waals surface area contributed by atoms with Crippen molar-refractivity contribution in [3.8, 4) is 10.9 Å². The summed E-state index contributed by atoms with van der Waals surface area (Å²) in [5.41, 5.74) is 0. The van der Waals surface area contributed by atoms with E-state index in [-0.39, 0.29) is 6.61 Å². The molecule has 2 aromatic rings. The Morgan fingerprint density at radius 3 is 2.93 bits per heavy atom. The smallest absolute Gasteiger partial charge is 0.299 e. The maximum Gasteiger partial charge on any atom is 0.299 e. The normalized spacial score (nSPS) is 10.3. The molecule has 2 rings (SSSR count). The lowest BCUT2D eigenvalue weighted by atomic mass is 10.3. The van der Waals surface area contributed by atoms with Crippen LogP contribution in [0.1, 0.15) is 5.01 Å². The van der Waals surface area contributed by atoms with Gasteiger partial charge in [-0.1, -0.05) is 38.4 Å². The largest absolute Gasteiger partial charge is 0.430 e. The molecular weight excluding hydrogens is 280 g/mol. The minimum atomic E-state index is -0.112. The van der Waals surface area contributed by atoms with E-state index in [4.69, 9.17) is 9.84 Å². The van der Waals surface area contributed by atoms with Crippen LogP contribution in [0.2, 0.25) is 0 Å². The fourth-order valence-corrected chi connectivity index (χ4v) is 1.92.